The van der Waals surface area contributed by atoms with Crippen LogP contribution in [0.2, 0.25) is 0 Å². The summed E-state index contributed by atoms with van der Waals surface area (Å²) >= 11 is 0. The molecule has 6 nitrogen and oxygen atoms in total. The Balaban J connectivity index is 3.32. The SMILES string of the molecule is CCS(=O)(=O)c1ccc(OC(C)C)c([N+](=O)[O-])c1. The number of nitro groups is 1. The average Bonchev–Trinajstić information content (AvgIpc) is 2.28. The molecule has 0 unspecified atom stereocenters. The molecule has 0 N–H and O–H groups in total. The Hall–Kier alpha value is -1.63. The van der Waals surface area contributed by atoms with Gasteiger partial charge in [0, 0.05) is 6.07 Å². The van der Waals surface area contributed by atoms with Gasteiger partial charge < -0.3 is 4.74 Å². The van der Waals surface area contributed by atoms with Crippen LogP contribution in [0.3, 0.4) is 0 Å². The summed E-state index contributed by atoms with van der Waals surface area (Å²) in [6, 6.07) is 3.68. The molecule has 1 rings (SSSR count). The minimum atomic E-state index is -3.46. The molecule has 0 spiro atoms. The lowest BCUT2D eigenvalue weighted by Crippen LogP contribution is -2.09. The Morgan fingerprint density at radius 1 is 1.39 bits per heavy atom. The molecule has 7 heteroatoms. The molecular formula is C11H15NO5S. The van der Waals surface area contributed by atoms with Crippen molar-refractivity contribution in [3.8, 4) is 5.75 Å². The summed E-state index contributed by atoms with van der Waals surface area (Å²) in [7, 11) is -3.46. The second-order valence-electron chi connectivity index (χ2n) is 3.96. The second-order valence-corrected chi connectivity index (χ2v) is 6.23. The highest BCUT2D eigenvalue weighted by Gasteiger charge is 2.21. The van der Waals surface area contributed by atoms with Gasteiger partial charge in [0.15, 0.2) is 15.6 Å². The first-order valence-electron chi connectivity index (χ1n) is 5.45. The zero-order chi connectivity index (χ0) is 13.9. The fourth-order valence-electron chi connectivity index (χ4n) is 1.35. The molecule has 0 radical (unpaired) electrons. The van der Waals surface area contributed by atoms with Crippen LogP contribution in [-0.2, 0) is 9.84 Å². The first kappa shape index (κ1) is 14.4. The predicted molar refractivity (Wildman–Crippen MR) is 66.6 cm³/mol. The van der Waals surface area contributed by atoms with E-state index in [1.165, 1.54) is 19.1 Å². The van der Waals surface area contributed by atoms with Crippen molar-refractivity contribution in [2.24, 2.45) is 0 Å². The molecule has 18 heavy (non-hydrogen) atoms. The minimum Gasteiger partial charge on any atom is -0.484 e. The van der Waals surface area contributed by atoms with Crippen LogP contribution in [0.4, 0.5) is 5.69 Å². The lowest BCUT2D eigenvalue weighted by Gasteiger charge is -2.10. The fourth-order valence-corrected chi connectivity index (χ4v) is 2.25. The average molecular weight is 273 g/mol. The quantitative estimate of drug-likeness (QED) is 0.606. The van der Waals surface area contributed by atoms with Gasteiger partial charge in [-0.05, 0) is 26.0 Å². The highest BCUT2D eigenvalue weighted by molar-refractivity contribution is 7.91. The molecular weight excluding hydrogens is 258 g/mol. The van der Waals surface area contributed by atoms with Gasteiger partial charge >= 0.3 is 5.69 Å². The number of nitro benzene ring substituents is 1. The van der Waals surface area contributed by atoms with Gasteiger partial charge in [-0.3, -0.25) is 10.1 Å². The minimum absolute atomic E-state index is 0.0622. The van der Waals surface area contributed by atoms with Crippen LogP contribution in [0.5, 0.6) is 5.75 Å². The van der Waals surface area contributed by atoms with Gasteiger partial charge in [0.1, 0.15) is 0 Å². The van der Waals surface area contributed by atoms with Gasteiger partial charge in [-0.15, -0.1) is 0 Å². The van der Waals surface area contributed by atoms with Gasteiger partial charge in [0.05, 0.1) is 21.7 Å². The topological polar surface area (TPSA) is 86.5 Å². The third-order valence-corrected chi connectivity index (χ3v) is 3.96. The number of benzene rings is 1. The number of hydrogen-bond donors (Lipinski definition) is 0. The molecule has 0 aliphatic carbocycles. The van der Waals surface area contributed by atoms with Crippen molar-refractivity contribution < 1.29 is 18.1 Å². The maximum Gasteiger partial charge on any atom is 0.312 e. The third-order valence-electron chi connectivity index (χ3n) is 2.23. The lowest BCUT2D eigenvalue weighted by atomic mass is 10.3. The summed E-state index contributed by atoms with van der Waals surface area (Å²) in [4.78, 5) is 10.2. The number of hydrogen-bond acceptors (Lipinski definition) is 5. The summed E-state index contributed by atoms with van der Waals surface area (Å²) in [5.41, 5.74) is -0.335. The zero-order valence-electron chi connectivity index (χ0n) is 10.4. The molecule has 0 saturated carbocycles. The summed E-state index contributed by atoms with van der Waals surface area (Å²) in [6.45, 7) is 4.96. The fraction of sp³-hybridized carbons (Fsp3) is 0.455. The molecule has 0 aromatic heterocycles. The number of ether oxygens (including phenoxy) is 1. The van der Waals surface area contributed by atoms with Crippen LogP contribution >= 0.6 is 0 Å². The molecule has 0 aliphatic heterocycles. The van der Waals surface area contributed by atoms with Crippen molar-refractivity contribution >= 4 is 15.5 Å². The predicted octanol–water partition coefficient (Wildman–Crippen LogP) is 2.18. The van der Waals surface area contributed by atoms with Gasteiger partial charge in [-0.25, -0.2) is 8.42 Å². The van der Waals surface area contributed by atoms with E-state index in [0.717, 1.165) is 6.07 Å². The van der Waals surface area contributed by atoms with Crippen LogP contribution in [0.1, 0.15) is 20.8 Å². The third kappa shape index (κ3) is 3.19. The van der Waals surface area contributed by atoms with Crippen LogP contribution in [0.15, 0.2) is 23.1 Å². The number of rotatable bonds is 5. The zero-order valence-corrected chi connectivity index (χ0v) is 11.2. The van der Waals surface area contributed by atoms with Crippen LogP contribution in [-0.4, -0.2) is 25.2 Å². The summed E-state index contributed by atoms with van der Waals surface area (Å²) in [5, 5.41) is 10.9. The van der Waals surface area contributed by atoms with E-state index in [2.05, 4.69) is 0 Å². The van der Waals surface area contributed by atoms with Crippen LogP contribution in [0.25, 0.3) is 0 Å². The summed E-state index contributed by atoms with van der Waals surface area (Å²) in [6.07, 6.45) is -0.225. The van der Waals surface area contributed by atoms with E-state index in [0.29, 0.717) is 0 Å². The Bertz CT molecular complexity index is 551. The van der Waals surface area contributed by atoms with E-state index in [1.54, 1.807) is 13.8 Å². The first-order valence-corrected chi connectivity index (χ1v) is 7.11. The molecule has 1 aromatic rings. The number of sulfone groups is 1. The summed E-state index contributed by atoms with van der Waals surface area (Å²) < 4.78 is 28.6. The van der Waals surface area contributed by atoms with Crippen LogP contribution < -0.4 is 4.74 Å². The van der Waals surface area contributed by atoms with E-state index in [4.69, 9.17) is 4.74 Å². The smallest absolute Gasteiger partial charge is 0.312 e. The standard InChI is InChI=1S/C11H15NO5S/c1-4-18(15,16)9-5-6-11(17-8(2)3)10(7-9)12(13)14/h5-8H,4H2,1-3H3. The van der Waals surface area contributed by atoms with Crippen LogP contribution in [0, 0.1) is 10.1 Å². The molecule has 0 fully saturated rings. The van der Waals surface area contributed by atoms with Crippen molar-refractivity contribution in [3.63, 3.8) is 0 Å². The molecule has 0 heterocycles. The van der Waals surface area contributed by atoms with E-state index in [-0.39, 0.29) is 28.2 Å². The van der Waals surface area contributed by atoms with Crippen molar-refractivity contribution in [2.75, 3.05) is 5.75 Å². The van der Waals surface area contributed by atoms with Crippen molar-refractivity contribution in [3.05, 3.63) is 28.3 Å². The molecule has 0 saturated heterocycles. The molecule has 100 valence electrons. The molecule has 0 amide bonds. The lowest BCUT2D eigenvalue weighted by molar-refractivity contribution is -0.386. The van der Waals surface area contributed by atoms with Crippen molar-refractivity contribution in [1.29, 1.82) is 0 Å². The van der Waals surface area contributed by atoms with E-state index in [9.17, 15) is 18.5 Å². The maximum atomic E-state index is 11.6. The summed E-state index contributed by atoms with van der Waals surface area (Å²) in [5.74, 6) is -0.0285. The van der Waals surface area contributed by atoms with E-state index in [1.807, 2.05) is 0 Å². The maximum absolute atomic E-state index is 11.6. The molecule has 1 aromatic carbocycles. The van der Waals surface area contributed by atoms with Gasteiger partial charge in [-0.1, -0.05) is 6.92 Å². The van der Waals surface area contributed by atoms with Crippen molar-refractivity contribution in [2.45, 2.75) is 31.8 Å². The molecule has 0 atom stereocenters. The van der Waals surface area contributed by atoms with Crippen molar-refractivity contribution in [1.82, 2.24) is 0 Å². The largest absolute Gasteiger partial charge is 0.484 e. The second kappa shape index (κ2) is 5.34. The molecule has 0 aliphatic rings. The number of nitrogens with zero attached hydrogens (tertiary/aromatic N) is 1. The monoisotopic (exact) mass is 273 g/mol. The Kier molecular flexibility index (Phi) is 4.28. The normalized spacial score (nSPS) is 11.6. The van der Waals surface area contributed by atoms with Gasteiger partial charge in [-0.2, -0.15) is 0 Å². The molecule has 0 bridgehead atoms. The van der Waals surface area contributed by atoms with Gasteiger partial charge in [0.2, 0.25) is 0 Å². The Labute approximate surface area is 106 Å². The Morgan fingerprint density at radius 2 is 2.00 bits per heavy atom. The van der Waals surface area contributed by atoms with E-state index >= 15 is 0 Å². The van der Waals surface area contributed by atoms with Gasteiger partial charge in [0.25, 0.3) is 0 Å². The highest BCUT2D eigenvalue weighted by Crippen LogP contribution is 2.30. The Morgan fingerprint density at radius 3 is 2.44 bits per heavy atom. The highest BCUT2D eigenvalue weighted by atomic mass is 32.2. The van der Waals surface area contributed by atoms with E-state index < -0.39 is 14.8 Å². The first-order chi connectivity index (χ1) is 8.27.